The fraction of sp³-hybridized carbons (Fsp3) is 0.526. The molecule has 2 aliphatic rings. The third kappa shape index (κ3) is 4.35. The van der Waals surface area contributed by atoms with Gasteiger partial charge in [0.25, 0.3) is 0 Å². The second-order valence-electron chi connectivity index (χ2n) is 7.35. The first kappa shape index (κ1) is 18.9. The van der Waals surface area contributed by atoms with Crippen LogP contribution in [0.4, 0.5) is 4.79 Å². The van der Waals surface area contributed by atoms with Crippen LogP contribution in [0.1, 0.15) is 51.5 Å². The Labute approximate surface area is 167 Å². The van der Waals surface area contributed by atoms with Crippen molar-refractivity contribution in [2.24, 2.45) is 0 Å². The van der Waals surface area contributed by atoms with Gasteiger partial charge in [0.15, 0.2) is 11.0 Å². The van der Waals surface area contributed by atoms with E-state index >= 15 is 0 Å². The summed E-state index contributed by atoms with van der Waals surface area (Å²) in [5.41, 5.74) is 0.953. The van der Waals surface area contributed by atoms with E-state index in [0.29, 0.717) is 11.2 Å². The van der Waals surface area contributed by atoms with E-state index in [4.69, 9.17) is 0 Å². The van der Waals surface area contributed by atoms with Crippen LogP contribution in [-0.4, -0.2) is 43.0 Å². The minimum atomic E-state index is -0.457. The van der Waals surface area contributed by atoms with Gasteiger partial charge in [-0.25, -0.2) is 4.79 Å². The third-order valence-corrected chi connectivity index (χ3v) is 6.15. The van der Waals surface area contributed by atoms with Crippen molar-refractivity contribution >= 4 is 23.7 Å². The minimum Gasteiger partial charge on any atom is -0.335 e. The lowest BCUT2D eigenvalue weighted by atomic mass is 10.2. The van der Waals surface area contributed by atoms with Crippen molar-refractivity contribution in [2.75, 3.05) is 0 Å². The quantitative estimate of drug-likeness (QED) is 0.723. The van der Waals surface area contributed by atoms with E-state index in [9.17, 15) is 9.59 Å². The van der Waals surface area contributed by atoms with Crippen molar-refractivity contribution in [3.63, 3.8) is 0 Å². The first-order valence-corrected chi connectivity index (χ1v) is 10.6. The van der Waals surface area contributed by atoms with Crippen LogP contribution >= 0.6 is 11.8 Å². The molecule has 148 valence electrons. The zero-order chi connectivity index (χ0) is 19.5. The molecule has 2 N–H and O–H groups in total. The van der Waals surface area contributed by atoms with Gasteiger partial charge in [0.2, 0.25) is 5.91 Å². The number of aromatic nitrogens is 4. The summed E-state index contributed by atoms with van der Waals surface area (Å²) < 4.78 is 2.10. The maximum Gasteiger partial charge on any atom is 0.321 e. The first-order chi connectivity index (χ1) is 13.6. The number of nitrogens with one attached hydrogen (secondary N) is 2. The van der Waals surface area contributed by atoms with Gasteiger partial charge < -0.3 is 5.32 Å². The number of imide groups is 1. The fourth-order valence-electron chi connectivity index (χ4n) is 3.43. The zero-order valence-corrected chi connectivity index (χ0v) is 16.6. The predicted molar refractivity (Wildman–Crippen MR) is 106 cm³/mol. The Balaban J connectivity index is 1.41. The summed E-state index contributed by atoms with van der Waals surface area (Å²) in [5, 5.41) is 14.2. The van der Waals surface area contributed by atoms with E-state index < -0.39 is 11.3 Å². The molecule has 3 amide bonds. The molecule has 2 aromatic heterocycles. The Morgan fingerprint density at radius 2 is 1.86 bits per heavy atom. The summed E-state index contributed by atoms with van der Waals surface area (Å²) in [6.07, 6.45) is 9.83. The molecule has 0 saturated heterocycles. The lowest BCUT2D eigenvalue weighted by molar-refractivity contribution is -0.119. The molecule has 28 heavy (non-hydrogen) atoms. The van der Waals surface area contributed by atoms with E-state index in [-0.39, 0.29) is 11.9 Å². The molecule has 1 atom stereocenters. The highest BCUT2D eigenvalue weighted by atomic mass is 32.2. The lowest BCUT2D eigenvalue weighted by Gasteiger charge is -2.15. The highest BCUT2D eigenvalue weighted by molar-refractivity contribution is 8.00. The number of rotatable bonds is 6. The van der Waals surface area contributed by atoms with Crippen LogP contribution in [-0.2, 0) is 4.79 Å². The highest BCUT2D eigenvalue weighted by Gasteiger charge is 2.31. The number of thioether (sulfide) groups is 1. The molecule has 4 rings (SSSR count). The summed E-state index contributed by atoms with van der Waals surface area (Å²) in [4.78, 5) is 28.5. The zero-order valence-electron chi connectivity index (χ0n) is 15.8. The molecular formula is C19H24N6O2S. The van der Waals surface area contributed by atoms with Crippen LogP contribution in [0.5, 0.6) is 0 Å². The van der Waals surface area contributed by atoms with Gasteiger partial charge in [-0.1, -0.05) is 24.6 Å². The van der Waals surface area contributed by atoms with Crippen molar-refractivity contribution in [3.8, 4) is 11.4 Å². The largest absolute Gasteiger partial charge is 0.335 e. The molecule has 0 bridgehead atoms. The van der Waals surface area contributed by atoms with E-state index in [1.807, 2.05) is 12.1 Å². The fourth-order valence-corrected chi connectivity index (χ4v) is 4.35. The topological polar surface area (TPSA) is 102 Å². The first-order valence-electron chi connectivity index (χ1n) is 9.75. The Kier molecular flexibility index (Phi) is 5.61. The molecular weight excluding hydrogens is 376 g/mol. The van der Waals surface area contributed by atoms with E-state index in [1.54, 1.807) is 19.3 Å². The van der Waals surface area contributed by atoms with Gasteiger partial charge in [0.05, 0.1) is 5.25 Å². The maximum absolute atomic E-state index is 12.4. The molecule has 0 unspecified atom stereocenters. The van der Waals surface area contributed by atoms with Gasteiger partial charge in [-0.2, -0.15) is 0 Å². The molecule has 0 radical (unpaired) electrons. The summed E-state index contributed by atoms with van der Waals surface area (Å²) in [6, 6.07) is 3.94. The lowest BCUT2D eigenvalue weighted by Crippen LogP contribution is -2.45. The highest BCUT2D eigenvalue weighted by Crippen LogP contribution is 2.41. The monoisotopic (exact) mass is 400 g/mol. The molecule has 2 aromatic rings. The van der Waals surface area contributed by atoms with Crippen molar-refractivity contribution in [3.05, 3.63) is 24.5 Å². The van der Waals surface area contributed by atoms with Gasteiger partial charge in [-0.15, -0.1) is 10.2 Å². The standard InChI is InChI=1S/C19H24N6O2S/c1-12(17(26)22-18(27)21-14-4-2-3-5-14)28-19-24-23-16(25(19)15-6-7-15)13-8-10-20-11-9-13/h8-12,14-15H,2-7H2,1H3,(H2,21,22,26,27)/t12-/m1/s1. The number of amides is 3. The molecule has 2 aliphatic carbocycles. The molecule has 2 saturated carbocycles. The van der Waals surface area contributed by atoms with E-state index in [0.717, 1.165) is 49.9 Å². The van der Waals surface area contributed by atoms with Crippen LogP contribution in [0.15, 0.2) is 29.7 Å². The second kappa shape index (κ2) is 8.30. The average Bonchev–Trinajstić information content (AvgIpc) is 3.24. The van der Waals surface area contributed by atoms with E-state index in [2.05, 4.69) is 30.4 Å². The smallest absolute Gasteiger partial charge is 0.321 e. The van der Waals surface area contributed by atoms with Crippen LogP contribution in [0.3, 0.4) is 0 Å². The Morgan fingerprint density at radius 3 is 2.54 bits per heavy atom. The van der Waals surface area contributed by atoms with Crippen LogP contribution in [0, 0.1) is 0 Å². The molecule has 2 fully saturated rings. The molecule has 8 nitrogen and oxygen atoms in total. The van der Waals surface area contributed by atoms with Crippen LogP contribution in [0.25, 0.3) is 11.4 Å². The normalized spacial score (nSPS) is 18.0. The van der Waals surface area contributed by atoms with Crippen molar-refractivity contribution in [1.82, 2.24) is 30.4 Å². The Hall–Kier alpha value is -2.42. The SMILES string of the molecule is C[C@@H](Sc1nnc(-c2ccncc2)n1C1CC1)C(=O)NC(=O)NC1CCCC1. The third-order valence-electron chi connectivity index (χ3n) is 5.09. The number of hydrogen-bond acceptors (Lipinski definition) is 6. The predicted octanol–water partition coefficient (Wildman–Crippen LogP) is 2.92. The number of nitrogens with zero attached hydrogens (tertiary/aromatic N) is 4. The molecule has 0 spiro atoms. The summed E-state index contributed by atoms with van der Waals surface area (Å²) in [7, 11) is 0. The van der Waals surface area contributed by atoms with Gasteiger partial charge >= 0.3 is 6.03 Å². The maximum atomic E-state index is 12.4. The van der Waals surface area contributed by atoms with Crippen molar-refractivity contribution in [2.45, 2.75) is 67.9 Å². The molecule has 9 heteroatoms. The average molecular weight is 401 g/mol. The van der Waals surface area contributed by atoms with Gasteiger partial charge in [-0.3, -0.25) is 19.7 Å². The Morgan fingerprint density at radius 1 is 1.14 bits per heavy atom. The van der Waals surface area contributed by atoms with Crippen molar-refractivity contribution < 1.29 is 9.59 Å². The summed E-state index contributed by atoms with van der Waals surface area (Å²) in [6.45, 7) is 1.78. The second-order valence-corrected chi connectivity index (χ2v) is 8.66. The van der Waals surface area contributed by atoms with Crippen LogP contribution in [0.2, 0.25) is 0 Å². The minimum absolute atomic E-state index is 0.177. The van der Waals surface area contributed by atoms with Crippen LogP contribution < -0.4 is 10.6 Å². The summed E-state index contributed by atoms with van der Waals surface area (Å²) in [5.74, 6) is 0.468. The van der Waals surface area contributed by atoms with Gasteiger partial charge in [0.1, 0.15) is 0 Å². The molecule has 0 aliphatic heterocycles. The molecule has 0 aromatic carbocycles. The summed E-state index contributed by atoms with van der Waals surface area (Å²) >= 11 is 1.33. The van der Waals surface area contributed by atoms with E-state index in [1.165, 1.54) is 11.8 Å². The molecule has 2 heterocycles. The van der Waals surface area contributed by atoms with Gasteiger partial charge in [-0.05, 0) is 44.7 Å². The number of hydrogen-bond donors (Lipinski definition) is 2. The number of pyridine rings is 1. The van der Waals surface area contributed by atoms with Gasteiger partial charge in [0, 0.05) is 30.0 Å². The Bertz CT molecular complexity index is 845. The number of carbonyl (C=O) groups is 2. The number of urea groups is 1. The number of carbonyl (C=O) groups excluding carboxylic acids is 2. The van der Waals surface area contributed by atoms with Crippen molar-refractivity contribution in [1.29, 1.82) is 0 Å².